The Morgan fingerprint density at radius 1 is 0.806 bits per heavy atom. The molecule has 0 fully saturated rings. The molecule has 3 aromatic rings. The van der Waals surface area contributed by atoms with Crippen LogP contribution in [-0.4, -0.2) is 34.4 Å². The van der Waals surface area contributed by atoms with Gasteiger partial charge in [0.25, 0.3) is 21.8 Å². The van der Waals surface area contributed by atoms with E-state index in [9.17, 15) is 18.0 Å². The van der Waals surface area contributed by atoms with Crippen LogP contribution in [-0.2, 0) is 10.0 Å². The second-order valence-electron chi connectivity index (χ2n) is 6.41. The Hall–Kier alpha value is -3.85. The number of methoxy groups -OCH3 is 1. The SMILES string of the molecule is CNC(=O)c1ccc(S(=O)(=O)Nc2ccccc2C(=O)Nc2ccccc2OC)cc1. The minimum Gasteiger partial charge on any atom is -0.495 e. The Labute approximate surface area is 180 Å². The summed E-state index contributed by atoms with van der Waals surface area (Å²) in [4.78, 5) is 24.4. The molecule has 0 atom stereocenters. The first-order valence-corrected chi connectivity index (χ1v) is 10.7. The summed E-state index contributed by atoms with van der Waals surface area (Å²) in [5, 5.41) is 5.20. The van der Waals surface area contributed by atoms with Crippen LogP contribution < -0.4 is 20.1 Å². The van der Waals surface area contributed by atoms with E-state index in [0.29, 0.717) is 17.0 Å². The zero-order valence-corrected chi connectivity index (χ0v) is 17.7. The van der Waals surface area contributed by atoms with Crippen LogP contribution in [0.2, 0.25) is 0 Å². The number of rotatable bonds is 7. The lowest BCUT2D eigenvalue weighted by Gasteiger charge is -2.14. The van der Waals surface area contributed by atoms with E-state index in [4.69, 9.17) is 4.74 Å². The molecule has 0 aliphatic rings. The molecule has 0 radical (unpaired) electrons. The Bertz CT molecular complexity index is 1210. The molecule has 0 saturated heterocycles. The van der Waals surface area contributed by atoms with Gasteiger partial charge in [-0.2, -0.15) is 0 Å². The van der Waals surface area contributed by atoms with Crippen LogP contribution in [0.3, 0.4) is 0 Å². The highest BCUT2D eigenvalue weighted by Crippen LogP contribution is 2.26. The van der Waals surface area contributed by atoms with Gasteiger partial charge in [0.05, 0.1) is 28.9 Å². The third-order valence-corrected chi connectivity index (χ3v) is 5.81. The number of sulfonamides is 1. The monoisotopic (exact) mass is 439 g/mol. The molecule has 0 aliphatic heterocycles. The molecular formula is C22H21N3O5S. The smallest absolute Gasteiger partial charge is 0.261 e. The van der Waals surface area contributed by atoms with E-state index in [1.807, 2.05) is 0 Å². The number of ether oxygens (including phenoxy) is 1. The summed E-state index contributed by atoms with van der Waals surface area (Å²) >= 11 is 0. The fourth-order valence-electron chi connectivity index (χ4n) is 2.84. The molecule has 31 heavy (non-hydrogen) atoms. The molecule has 3 N–H and O–H groups in total. The average Bonchev–Trinajstić information content (AvgIpc) is 2.79. The van der Waals surface area contributed by atoms with Crippen LogP contribution >= 0.6 is 0 Å². The molecule has 0 bridgehead atoms. The van der Waals surface area contributed by atoms with E-state index < -0.39 is 15.9 Å². The lowest BCUT2D eigenvalue weighted by atomic mass is 10.1. The molecule has 3 aromatic carbocycles. The Kier molecular flexibility index (Phi) is 6.56. The van der Waals surface area contributed by atoms with Crippen LogP contribution in [0.15, 0.2) is 77.7 Å². The molecule has 2 amide bonds. The zero-order chi connectivity index (χ0) is 22.4. The van der Waals surface area contributed by atoms with E-state index in [-0.39, 0.29) is 22.1 Å². The standard InChI is InChI=1S/C22H21N3O5S/c1-23-21(26)15-11-13-16(14-12-15)31(28,29)25-18-8-4-3-7-17(18)22(27)24-19-9-5-6-10-20(19)30-2/h3-14,25H,1-2H3,(H,23,26)(H,24,27). The summed E-state index contributed by atoms with van der Waals surface area (Å²) in [7, 11) is -1.01. The first kappa shape index (κ1) is 21.8. The number of nitrogens with one attached hydrogen (secondary N) is 3. The van der Waals surface area contributed by atoms with Crippen LogP contribution in [0.25, 0.3) is 0 Å². The summed E-state index contributed by atoms with van der Waals surface area (Å²) < 4.78 is 33.3. The lowest BCUT2D eigenvalue weighted by Crippen LogP contribution is -2.20. The first-order valence-electron chi connectivity index (χ1n) is 9.24. The maximum atomic E-state index is 12.8. The lowest BCUT2D eigenvalue weighted by molar-refractivity contribution is 0.0962. The quantitative estimate of drug-likeness (QED) is 0.524. The fourth-order valence-corrected chi connectivity index (χ4v) is 3.92. The summed E-state index contributed by atoms with van der Waals surface area (Å²) in [6.45, 7) is 0. The van der Waals surface area contributed by atoms with Gasteiger partial charge in [-0.3, -0.25) is 14.3 Å². The fraction of sp³-hybridized carbons (Fsp3) is 0.0909. The third-order valence-electron chi connectivity index (χ3n) is 4.43. The van der Waals surface area contributed by atoms with Crippen molar-refractivity contribution >= 4 is 33.2 Å². The van der Waals surface area contributed by atoms with Crippen molar-refractivity contribution in [3.63, 3.8) is 0 Å². The molecule has 8 nitrogen and oxygen atoms in total. The highest BCUT2D eigenvalue weighted by Gasteiger charge is 2.20. The largest absolute Gasteiger partial charge is 0.495 e. The number of carbonyl (C=O) groups is 2. The Balaban J connectivity index is 1.86. The number of amides is 2. The summed E-state index contributed by atoms with van der Waals surface area (Å²) in [6, 6.07) is 18.6. The van der Waals surface area contributed by atoms with Gasteiger partial charge in [-0.25, -0.2) is 8.42 Å². The van der Waals surface area contributed by atoms with Crippen molar-refractivity contribution in [1.82, 2.24) is 5.32 Å². The number of hydrogen-bond donors (Lipinski definition) is 3. The van der Waals surface area contributed by atoms with Gasteiger partial charge in [-0.1, -0.05) is 24.3 Å². The van der Waals surface area contributed by atoms with Crippen molar-refractivity contribution in [1.29, 1.82) is 0 Å². The Morgan fingerprint density at radius 3 is 2.06 bits per heavy atom. The van der Waals surface area contributed by atoms with E-state index in [0.717, 1.165) is 0 Å². The van der Waals surface area contributed by atoms with Crippen LogP contribution in [0.4, 0.5) is 11.4 Å². The molecule has 9 heteroatoms. The van der Waals surface area contributed by atoms with Crippen molar-refractivity contribution in [2.45, 2.75) is 4.90 Å². The number of para-hydroxylation sites is 3. The van der Waals surface area contributed by atoms with Gasteiger partial charge < -0.3 is 15.4 Å². The van der Waals surface area contributed by atoms with Crippen LogP contribution in [0.5, 0.6) is 5.75 Å². The average molecular weight is 439 g/mol. The van der Waals surface area contributed by atoms with Gasteiger partial charge in [0, 0.05) is 12.6 Å². The zero-order valence-electron chi connectivity index (χ0n) is 16.9. The predicted molar refractivity (Wildman–Crippen MR) is 118 cm³/mol. The number of carbonyl (C=O) groups excluding carboxylic acids is 2. The Morgan fingerprint density at radius 2 is 1.42 bits per heavy atom. The van der Waals surface area contributed by atoms with E-state index in [2.05, 4.69) is 15.4 Å². The van der Waals surface area contributed by atoms with Gasteiger partial charge in [0.2, 0.25) is 0 Å². The maximum Gasteiger partial charge on any atom is 0.261 e. The second-order valence-corrected chi connectivity index (χ2v) is 8.09. The molecule has 0 unspecified atom stereocenters. The summed E-state index contributed by atoms with van der Waals surface area (Å²) in [5.41, 5.74) is 1.04. The molecule has 0 spiro atoms. The number of benzene rings is 3. The van der Waals surface area contributed by atoms with E-state index in [1.165, 1.54) is 50.6 Å². The molecular weight excluding hydrogens is 418 g/mol. The highest BCUT2D eigenvalue weighted by atomic mass is 32.2. The summed E-state index contributed by atoms with van der Waals surface area (Å²) in [5.74, 6) is -0.349. The van der Waals surface area contributed by atoms with Crippen molar-refractivity contribution in [2.24, 2.45) is 0 Å². The highest BCUT2D eigenvalue weighted by molar-refractivity contribution is 7.92. The molecule has 0 heterocycles. The van der Waals surface area contributed by atoms with Crippen molar-refractivity contribution in [2.75, 3.05) is 24.2 Å². The number of hydrogen-bond acceptors (Lipinski definition) is 5. The maximum absolute atomic E-state index is 12.8. The van der Waals surface area contributed by atoms with Crippen LogP contribution in [0, 0.1) is 0 Å². The molecule has 160 valence electrons. The minimum absolute atomic E-state index is 0.0416. The predicted octanol–water partition coefficient (Wildman–Crippen LogP) is 3.11. The van der Waals surface area contributed by atoms with Gasteiger partial charge >= 0.3 is 0 Å². The van der Waals surface area contributed by atoms with Crippen molar-refractivity contribution < 1.29 is 22.7 Å². The second kappa shape index (κ2) is 9.31. The van der Waals surface area contributed by atoms with E-state index in [1.54, 1.807) is 36.4 Å². The summed E-state index contributed by atoms with van der Waals surface area (Å²) in [6.07, 6.45) is 0. The van der Waals surface area contributed by atoms with Gasteiger partial charge in [-0.15, -0.1) is 0 Å². The first-order chi connectivity index (χ1) is 14.9. The molecule has 0 saturated carbocycles. The minimum atomic E-state index is -3.99. The third kappa shape index (κ3) is 5.01. The normalized spacial score (nSPS) is 10.8. The van der Waals surface area contributed by atoms with E-state index >= 15 is 0 Å². The number of anilines is 2. The van der Waals surface area contributed by atoms with Gasteiger partial charge in [0.1, 0.15) is 5.75 Å². The molecule has 0 aromatic heterocycles. The van der Waals surface area contributed by atoms with Gasteiger partial charge in [-0.05, 0) is 48.5 Å². The van der Waals surface area contributed by atoms with Crippen LogP contribution in [0.1, 0.15) is 20.7 Å². The topological polar surface area (TPSA) is 114 Å². The van der Waals surface area contributed by atoms with Crippen molar-refractivity contribution in [3.8, 4) is 5.75 Å². The molecule has 3 rings (SSSR count). The molecule has 0 aliphatic carbocycles. The van der Waals surface area contributed by atoms with Crippen molar-refractivity contribution in [3.05, 3.63) is 83.9 Å². The van der Waals surface area contributed by atoms with Gasteiger partial charge in [0.15, 0.2) is 0 Å².